The molecule has 2 N–H and O–H groups in total. The van der Waals surface area contributed by atoms with E-state index in [0.29, 0.717) is 37.9 Å². The number of nitrogen functional groups attached to an aromatic ring is 1. The number of rotatable bonds is 13. The highest BCUT2D eigenvalue weighted by molar-refractivity contribution is 14.1. The normalized spacial score (nSPS) is 10.7. The average Bonchev–Trinajstić information content (AvgIpc) is 2.50. The van der Waals surface area contributed by atoms with Gasteiger partial charge in [-0.3, -0.25) is 0 Å². The molecular formula is C16H26INO3. The molecule has 4 nitrogen and oxygen atoms in total. The van der Waals surface area contributed by atoms with E-state index in [1.54, 1.807) is 0 Å². The third kappa shape index (κ3) is 9.92. The summed E-state index contributed by atoms with van der Waals surface area (Å²) in [4.78, 5) is 0. The number of ether oxygens (including phenoxy) is 3. The molecule has 0 saturated heterocycles. The van der Waals surface area contributed by atoms with Gasteiger partial charge in [-0.25, -0.2) is 0 Å². The van der Waals surface area contributed by atoms with Gasteiger partial charge in [0.15, 0.2) is 0 Å². The lowest BCUT2D eigenvalue weighted by Crippen LogP contribution is -2.11. The Bertz CT molecular complexity index is 363. The number of anilines is 1. The summed E-state index contributed by atoms with van der Waals surface area (Å²) in [7, 11) is 0. The lowest BCUT2D eigenvalue weighted by atomic mass is 10.2. The van der Waals surface area contributed by atoms with Crippen molar-refractivity contribution in [3.05, 3.63) is 24.3 Å². The zero-order chi connectivity index (χ0) is 15.2. The molecule has 0 radical (unpaired) electrons. The Morgan fingerprint density at radius 1 is 0.810 bits per heavy atom. The van der Waals surface area contributed by atoms with Crippen LogP contribution in [-0.2, 0) is 9.47 Å². The Morgan fingerprint density at radius 3 is 2.24 bits per heavy atom. The zero-order valence-corrected chi connectivity index (χ0v) is 14.7. The van der Waals surface area contributed by atoms with Crippen molar-refractivity contribution < 1.29 is 14.2 Å². The van der Waals surface area contributed by atoms with E-state index in [2.05, 4.69) is 22.6 Å². The van der Waals surface area contributed by atoms with Crippen LogP contribution in [0, 0.1) is 0 Å². The van der Waals surface area contributed by atoms with Gasteiger partial charge in [0.05, 0.1) is 25.5 Å². The van der Waals surface area contributed by atoms with E-state index in [0.717, 1.165) is 13.0 Å². The fourth-order valence-electron chi connectivity index (χ4n) is 1.80. The maximum Gasteiger partial charge on any atom is 0.142 e. The first kappa shape index (κ1) is 18.5. The minimum absolute atomic E-state index is 0.504. The summed E-state index contributed by atoms with van der Waals surface area (Å²) in [5.41, 5.74) is 6.43. The summed E-state index contributed by atoms with van der Waals surface area (Å²) in [6, 6.07) is 7.47. The van der Waals surface area contributed by atoms with Crippen molar-refractivity contribution in [1.82, 2.24) is 0 Å². The first-order chi connectivity index (χ1) is 10.3. The molecule has 0 amide bonds. The predicted octanol–water partition coefficient (Wildman–Crippen LogP) is 3.68. The highest BCUT2D eigenvalue weighted by atomic mass is 127. The average molecular weight is 407 g/mol. The first-order valence-corrected chi connectivity index (χ1v) is 9.06. The second-order valence-corrected chi connectivity index (χ2v) is 5.79. The van der Waals surface area contributed by atoms with E-state index in [9.17, 15) is 0 Å². The fraction of sp³-hybridized carbons (Fsp3) is 0.625. The topological polar surface area (TPSA) is 53.7 Å². The van der Waals surface area contributed by atoms with Gasteiger partial charge in [0, 0.05) is 6.61 Å². The molecule has 0 fully saturated rings. The molecule has 0 spiro atoms. The van der Waals surface area contributed by atoms with Crippen LogP contribution in [0.25, 0.3) is 0 Å². The SMILES string of the molecule is Nc1ccccc1OCCOCCOCCCCCCI. The maximum absolute atomic E-state index is 5.77. The Balaban J connectivity index is 1.84. The summed E-state index contributed by atoms with van der Waals surface area (Å²) in [5.74, 6) is 0.712. The predicted molar refractivity (Wildman–Crippen MR) is 95.3 cm³/mol. The summed E-state index contributed by atoms with van der Waals surface area (Å²) in [5, 5.41) is 0. The molecule has 1 aromatic carbocycles. The fourth-order valence-corrected chi connectivity index (χ4v) is 2.34. The van der Waals surface area contributed by atoms with Crippen molar-refractivity contribution in [3.63, 3.8) is 0 Å². The molecule has 1 rings (SSSR count). The second kappa shape index (κ2) is 13.2. The largest absolute Gasteiger partial charge is 0.489 e. The maximum atomic E-state index is 5.77. The molecule has 0 saturated carbocycles. The van der Waals surface area contributed by atoms with Crippen molar-refractivity contribution >= 4 is 28.3 Å². The molecule has 0 bridgehead atoms. The molecule has 0 aliphatic rings. The van der Waals surface area contributed by atoms with Gasteiger partial charge in [-0.1, -0.05) is 47.6 Å². The van der Waals surface area contributed by atoms with Gasteiger partial charge in [0.25, 0.3) is 0 Å². The number of unbranched alkanes of at least 4 members (excludes halogenated alkanes) is 3. The molecule has 0 unspecified atom stereocenters. The minimum Gasteiger partial charge on any atom is -0.489 e. The van der Waals surface area contributed by atoms with Crippen LogP contribution in [0.3, 0.4) is 0 Å². The van der Waals surface area contributed by atoms with Crippen LogP contribution in [-0.4, -0.2) is 37.5 Å². The number of halogens is 1. The van der Waals surface area contributed by atoms with Crippen LogP contribution in [0.4, 0.5) is 5.69 Å². The highest BCUT2D eigenvalue weighted by Crippen LogP contribution is 2.19. The summed E-state index contributed by atoms with van der Waals surface area (Å²) >= 11 is 2.42. The number of hydrogen-bond donors (Lipinski definition) is 1. The van der Waals surface area contributed by atoms with Gasteiger partial charge >= 0.3 is 0 Å². The van der Waals surface area contributed by atoms with Crippen molar-refractivity contribution in [2.75, 3.05) is 43.2 Å². The molecule has 21 heavy (non-hydrogen) atoms. The van der Waals surface area contributed by atoms with Crippen LogP contribution in [0.15, 0.2) is 24.3 Å². The lowest BCUT2D eigenvalue weighted by Gasteiger charge is -2.09. The van der Waals surface area contributed by atoms with Gasteiger partial charge in [0.1, 0.15) is 12.4 Å². The van der Waals surface area contributed by atoms with E-state index in [1.165, 1.54) is 23.7 Å². The Kier molecular flexibility index (Phi) is 11.6. The summed E-state index contributed by atoms with van der Waals surface area (Å²) in [6.07, 6.45) is 5.03. The number of nitrogens with two attached hydrogens (primary N) is 1. The molecular weight excluding hydrogens is 381 g/mol. The standard InChI is InChI=1S/C16H26INO3/c17-9-5-1-2-6-10-19-11-12-20-13-14-21-16-8-4-3-7-15(16)18/h3-4,7-8H,1-2,5-6,9-14,18H2. The van der Waals surface area contributed by atoms with E-state index < -0.39 is 0 Å². The van der Waals surface area contributed by atoms with Crippen molar-refractivity contribution in [1.29, 1.82) is 0 Å². The number of para-hydroxylation sites is 2. The molecule has 120 valence electrons. The van der Waals surface area contributed by atoms with Crippen LogP contribution < -0.4 is 10.5 Å². The van der Waals surface area contributed by atoms with Gasteiger partial charge < -0.3 is 19.9 Å². The third-order valence-electron chi connectivity index (χ3n) is 2.95. The van der Waals surface area contributed by atoms with Crippen molar-refractivity contribution in [3.8, 4) is 5.75 Å². The highest BCUT2D eigenvalue weighted by Gasteiger charge is 1.98. The molecule has 0 aliphatic carbocycles. The Hall–Kier alpha value is -0.530. The zero-order valence-electron chi connectivity index (χ0n) is 12.6. The number of alkyl halides is 1. The Morgan fingerprint density at radius 2 is 1.48 bits per heavy atom. The first-order valence-electron chi connectivity index (χ1n) is 7.53. The quantitative estimate of drug-likeness (QED) is 0.235. The van der Waals surface area contributed by atoms with Gasteiger partial charge in [-0.15, -0.1) is 0 Å². The molecule has 0 atom stereocenters. The van der Waals surface area contributed by atoms with Crippen molar-refractivity contribution in [2.24, 2.45) is 0 Å². The van der Waals surface area contributed by atoms with Crippen LogP contribution >= 0.6 is 22.6 Å². The summed E-state index contributed by atoms with van der Waals surface area (Å²) in [6.45, 7) is 3.15. The smallest absolute Gasteiger partial charge is 0.142 e. The van der Waals surface area contributed by atoms with Crippen molar-refractivity contribution in [2.45, 2.75) is 25.7 Å². The van der Waals surface area contributed by atoms with Crippen LogP contribution in [0.2, 0.25) is 0 Å². The summed E-state index contributed by atoms with van der Waals surface area (Å²) < 4.78 is 17.7. The van der Waals surface area contributed by atoms with E-state index in [1.807, 2.05) is 24.3 Å². The van der Waals surface area contributed by atoms with E-state index in [-0.39, 0.29) is 0 Å². The van der Waals surface area contributed by atoms with E-state index in [4.69, 9.17) is 19.9 Å². The minimum atomic E-state index is 0.504. The molecule has 1 aromatic rings. The molecule has 5 heteroatoms. The van der Waals surface area contributed by atoms with Crippen LogP contribution in [0.1, 0.15) is 25.7 Å². The van der Waals surface area contributed by atoms with Gasteiger partial charge in [0.2, 0.25) is 0 Å². The van der Waals surface area contributed by atoms with Gasteiger partial charge in [-0.05, 0) is 29.4 Å². The van der Waals surface area contributed by atoms with E-state index >= 15 is 0 Å². The third-order valence-corrected chi connectivity index (χ3v) is 3.71. The number of benzene rings is 1. The molecule has 0 aromatic heterocycles. The lowest BCUT2D eigenvalue weighted by molar-refractivity contribution is 0.0353. The second-order valence-electron chi connectivity index (χ2n) is 4.71. The van der Waals surface area contributed by atoms with Gasteiger partial charge in [-0.2, -0.15) is 0 Å². The number of hydrogen-bond acceptors (Lipinski definition) is 4. The Labute approximate surface area is 141 Å². The molecule has 0 aliphatic heterocycles. The monoisotopic (exact) mass is 407 g/mol. The van der Waals surface area contributed by atoms with Crippen LogP contribution in [0.5, 0.6) is 5.75 Å². The molecule has 0 heterocycles.